The van der Waals surface area contributed by atoms with Gasteiger partial charge in [-0.05, 0) is 56.4 Å². The molecular formula is C19H31NO3. The normalized spacial score (nSPS) is 13.9. The van der Waals surface area contributed by atoms with Crippen LogP contribution in [-0.2, 0) is 9.53 Å². The van der Waals surface area contributed by atoms with Crippen LogP contribution < -0.4 is 10.1 Å². The molecule has 1 N–H and O–H groups in total. The number of benzene rings is 1. The number of rotatable bonds is 9. The molecule has 1 atom stereocenters. The van der Waals surface area contributed by atoms with Gasteiger partial charge in [0.25, 0.3) is 5.91 Å². The molecule has 0 radical (unpaired) electrons. The van der Waals surface area contributed by atoms with Crippen LogP contribution >= 0.6 is 0 Å². The summed E-state index contributed by atoms with van der Waals surface area (Å²) in [6.45, 7) is 13.4. The molecule has 0 fully saturated rings. The van der Waals surface area contributed by atoms with E-state index in [0.717, 1.165) is 11.4 Å². The average Bonchev–Trinajstić information content (AvgIpc) is 2.45. The SMILES string of the molecule is CCO[C@](C)(CC(C)C)C(=O)Nc1ccc(OCC(C)C)cc1. The molecule has 23 heavy (non-hydrogen) atoms. The van der Waals surface area contributed by atoms with Crippen LogP contribution in [0.4, 0.5) is 5.69 Å². The molecule has 0 saturated heterocycles. The maximum Gasteiger partial charge on any atom is 0.256 e. The van der Waals surface area contributed by atoms with Crippen molar-refractivity contribution in [2.24, 2.45) is 11.8 Å². The van der Waals surface area contributed by atoms with Gasteiger partial charge in [0, 0.05) is 12.3 Å². The van der Waals surface area contributed by atoms with Crippen molar-refractivity contribution in [1.29, 1.82) is 0 Å². The fourth-order valence-corrected chi connectivity index (χ4v) is 2.48. The highest BCUT2D eigenvalue weighted by molar-refractivity contribution is 5.97. The first-order valence-corrected chi connectivity index (χ1v) is 8.45. The standard InChI is InChI=1S/C19H31NO3/c1-7-23-19(6,12-14(2)3)18(21)20-16-8-10-17(11-9-16)22-13-15(4)5/h8-11,14-15H,7,12-13H2,1-6H3,(H,20,21)/t19-/m1/s1. The van der Waals surface area contributed by atoms with E-state index in [1.54, 1.807) is 0 Å². The molecule has 1 rings (SSSR count). The molecule has 0 bridgehead atoms. The zero-order valence-electron chi connectivity index (χ0n) is 15.3. The van der Waals surface area contributed by atoms with Gasteiger partial charge in [-0.25, -0.2) is 0 Å². The van der Waals surface area contributed by atoms with E-state index in [1.807, 2.05) is 38.1 Å². The van der Waals surface area contributed by atoms with Crippen molar-refractivity contribution in [2.45, 2.75) is 53.6 Å². The third-order valence-electron chi connectivity index (χ3n) is 3.44. The van der Waals surface area contributed by atoms with E-state index in [2.05, 4.69) is 33.0 Å². The summed E-state index contributed by atoms with van der Waals surface area (Å²) in [5.41, 5.74) is -0.0583. The first-order chi connectivity index (χ1) is 10.8. The Hall–Kier alpha value is -1.55. The summed E-state index contributed by atoms with van der Waals surface area (Å²) in [6.07, 6.45) is 0.683. The van der Waals surface area contributed by atoms with Gasteiger partial charge in [-0.2, -0.15) is 0 Å². The second-order valence-corrected chi connectivity index (χ2v) is 6.95. The topological polar surface area (TPSA) is 47.6 Å². The molecule has 0 aliphatic carbocycles. The Morgan fingerprint density at radius 3 is 2.22 bits per heavy atom. The second-order valence-electron chi connectivity index (χ2n) is 6.95. The van der Waals surface area contributed by atoms with E-state index >= 15 is 0 Å². The predicted molar refractivity (Wildman–Crippen MR) is 94.9 cm³/mol. The van der Waals surface area contributed by atoms with Gasteiger partial charge >= 0.3 is 0 Å². The van der Waals surface area contributed by atoms with Crippen molar-refractivity contribution in [2.75, 3.05) is 18.5 Å². The molecule has 1 amide bonds. The Morgan fingerprint density at radius 2 is 1.74 bits per heavy atom. The molecule has 1 aromatic carbocycles. The Kier molecular flexibility index (Phi) is 7.56. The maximum atomic E-state index is 12.6. The molecule has 0 spiro atoms. The minimum Gasteiger partial charge on any atom is -0.493 e. The van der Waals surface area contributed by atoms with Crippen LogP contribution in [0.2, 0.25) is 0 Å². The lowest BCUT2D eigenvalue weighted by Crippen LogP contribution is -2.43. The third-order valence-corrected chi connectivity index (χ3v) is 3.44. The van der Waals surface area contributed by atoms with E-state index in [0.29, 0.717) is 31.5 Å². The number of ether oxygens (including phenoxy) is 2. The van der Waals surface area contributed by atoms with E-state index in [1.165, 1.54) is 0 Å². The lowest BCUT2D eigenvalue weighted by molar-refractivity contribution is -0.140. The number of carbonyl (C=O) groups is 1. The third kappa shape index (κ3) is 6.61. The van der Waals surface area contributed by atoms with Gasteiger partial charge in [0.2, 0.25) is 0 Å². The van der Waals surface area contributed by atoms with Gasteiger partial charge in [0.05, 0.1) is 6.61 Å². The molecule has 0 saturated carbocycles. The molecule has 0 aliphatic rings. The van der Waals surface area contributed by atoms with Crippen molar-refractivity contribution in [3.8, 4) is 5.75 Å². The summed E-state index contributed by atoms with van der Waals surface area (Å²) in [7, 11) is 0. The van der Waals surface area contributed by atoms with Crippen LogP contribution in [0, 0.1) is 11.8 Å². The summed E-state index contributed by atoms with van der Waals surface area (Å²) in [5.74, 6) is 1.57. The fourth-order valence-electron chi connectivity index (χ4n) is 2.48. The monoisotopic (exact) mass is 321 g/mol. The van der Waals surface area contributed by atoms with Crippen LogP contribution in [-0.4, -0.2) is 24.7 Å². The van der Waals surface area contributed by atoms with E-state index in [-0.39, 0.29) is 5.91 Å². The van der Waals surface area contributed by atoms with Crippen LogP contribution in [0.1, 0.15) is 48.0 Å². The first kappa shape index (κ1) is 19.5. The maximum absolute atomic E-state index is 12.6. The van der Waals surface area contributed by atoms with Crippen LogP contribution in [0.5, 0.6) is 5.75 Å². The Morgan fingerprint density at radius 1 is 1.13 bits per heavy atom. The summed E-state index contributed by atoms with van der Waals surface area (Å²) >= 11 is 0. The van der Waals surface area contributed by atoms with Gasteiger partial charge in [-0.3, -0.25) is 4.79 Å². The van der Waals surface area contributed by atoms with Crippen LogP contribution in [0.15, 0.2) is 24.3 Å². The van der Waals surface area contributed by atoms with E-state index in [4.69, 9.17) is 9.47 Å². The molecule has 4 nitrogen and oxygen atoms in total. The summed E-state index contributed by atoms with van der Waals surface area (Å²) in [6, 6.07) is 7.46. The highest BCUT2D eigenvalue weighted by Gasteiger charge is 2.34. The van der Waals surface area contributed by atoms with Crippen molar-refractivity contribution in [3.05, 3.63) is 24.3 Å². The number of hydrogen-bond acceptors (Lipinski definition) is 3. The summed E-state index contributed by atoms with van der Waals surface area (Å²) < 4.78 is 11.4. The molecule has 130 valence electrons. The average molecular weight is 321 g/mol. The number of carbonyl (C=O) groups excluding carboxylic acids is 1. The minimum absolute atomic E-state index is 0.108. The van der Waals surface area contributed by atoms with Crippen molar-refractivity contribution in [1.82, 2.24) is 0 Å². The molecule has 1 aromatic rings. The van der Waals surface area contributed by atoms with Gasteiger partial charge in [-0.1, -0.05) is 27.7 Å². The lowest BCUT2D eigenvalue weighted by Gasteiger charge is -2.29. The Bertz CT molecular complexity index is 482. The molecular weight excluding hydrogens is 290 g/mol. The first-order valence-electron chi connectivity index (χ1n) is 8.45. The van der Waals surface area contributed by atoms with Crippen molar-refractivity contribution in [3.63, 3.8) is 0 Å². The zero-order chi connectivity index (χ0) is 17.5. The van der Waals surface area contributed by atoms with Gasteiger partial charge in [-0.15, -0.1) is 0 Å². The molecule has 4 heteroatoms. The second kappa shape index (κ2) is 8.92. The van der Waals surface area contributed by atoms with Gasteiger partial charge in [0.15, 0.2) is 0 Å². The minimum atomic E-state index is -0.810. The number of anilines is 1. The smallest absolute Gasteiger partial charge is 0.256 e. The number of nitrogens with one attached hydrogen (secondary N) is 1. The highest BCUT2D eigenvalue weighted by atomic mass is 16.5. The highest BCUT2D eigenvalue weighted by Crippen LogP contribution is 2.24. The lowest BCUT2D eigenvalue weighted by atomic mass is 9.93. The van der Waals surface area contributed by atoms with E-state index < -0.39 is 5.60 Å². The quantitative estimate of drug-likeness (QED) is 0.728. The molecule has 0 aliphatic heterocycles. The van der Waals surface area contributed by atoms with Crippen LogP contribution in [0.25, 0.3) is 0 Å². The number of hydrogen-bond donors (Lipinski definition) is 1. The Balaban J connectivity index is 2.71. The summed E-state index contributed by atoms with van der Waals surface area (Å²) in [5, 5.41) is 2.95. The van der Waals surface area contributed by atoms with Crippen LogP contribution in [0.3, 0.4) is 0 Å². The van der Waals surface area contributed by atoms with Gasteiger partial charge < -0.3 is 14.8 Å². The van der Waals surface area contributed by atoms with Gasteiger partial charge in [0.1, 0.15) is 11.4 Å². The fraction of sp³-hybridized carbons (Fsp3) is 0.632. The zero-order valence-corrected chi connectivity index (χ0v) is 15.3. The largest absolute Gasteiger partial charge is 0.493 e. The van der Waals surface area contributed by atoms with E-state index in [9.17, 15) is 4.79 Å². The molecule has 0 aromatic heterocycles. The van der Waals surface area contributed by atoms with Crippen molar-refractivity contribution >= 4 is 11.6 Å². The molecule has 0 heterocycles. The molecule has 0 unspecified atom stereocenters. The van der Waals surface area contributed by atoms with Crippen molar-refractivity contribution < 1.29 is 14.3 Å². The number of amides is 1. The summed E-state index contributed by atoms with van der Waals surface area (Å²) in [4.78, 5) is 12.6. The predicted octanol–water partition coefficient (Wildman–Crippen LogP) is 4.50. The Labute approximate surface area is 140 Å².